The van der Waals surface area contributed by atoms with Gasteiger partial charge >= 0.3 is 6.18 Å². The van der Waals surface area contributed by atoms with Gasteiger partial charge in [-0.1, -0.05) is 23.7 Å². The summed E-state index contributed by atoms with van der Waals surface area (Å²) in [7, 11) is 0. The SMILES string of the molecule is O=C1CN(c2ccc(Cl)cc2F)C(=O)[C@]2(C[C@@H](O)C2)N1Cc1ccc(C(F)(F)F)cc1. The Balaban J connectivity index is 1.64. The van der Waals surface area contributed by atoms with Gasteiger partial charge in [0.25, 0.3) is 5.91 Å². The van der Waals surface area contributed by atoms with E-state index in [0.29, 0.717) is 5.56 Å². The van der Waals surface area contributed by atoms with Gasteiger partial charge in [-0.2, -0.15) is 13.2 Å². The molecule has 1 saturated carbocycles. The maximum Gasteiger partial charge on any atom is 0.416 e. The molecule has 2 amide bonds. The van der Waals surface area contributed by atoms with E-state index in [-0.39, 0.29) is 30.1 Å². The molecule has 0 bridgehead atoms. The van der Waals surface area contributed by atoms with Gasteiger partial charge in [0.05, 0.1) is 17.4 Å². The molecule has 0 atom stereocenters. The van der Waals surface area contributed by atoms with Crippen molar-refractivity contribution in [3.63, 3.8) is 0 Å². The molecule has 2 aromatic carbocycles. The molecule has 2 aliphatic rings. The zero-order valence-electron chi connectivity index (χ0n) is 16.0. The number of aliphatic hydroxyl groups is 1. The molecule has 1 aliphatic carbocycles. The number of aliphatic hydroxyl groups excluding tert-OH is 1. The van der Waals surface area contributed by atoms with E-state index in [0.717, 1.165) is 23.1 Å². The summed E-state index contributed by atoms with van der Waals surface area (Å²) in [6, 6.07) is 8.03. The molecule has 4 rings (SSSR count). The molecule has 1 heterocycles. The number of rotatable bonds is 3. The summed E-state index contributed by atoms with van der Waals surface area (Å²) < 4.78 is 52.8. The number of piperazine rings is 1. The normalized spacial score (nSPS) is 24.0. The van der Waals surface area contributed by atoms with Crippen LogP contribution in [0.4, 0.5) is 23.2 Å². The molecule has 2 fully saturated rings. The predicted octanol–water partition coefficient (Wildman–Crippen LogP) is 3.77. The van der Waals surface area contributed by atoms with Crippen molar-refractivity contribution in [1.82, 2.24) is 4.90 Å². The van der Waals surface area contributed by atoms with Crippen LogP contribution >= 0.6 is 11.6 Å². The molecule has 10 heteroatoms. The highest BCUT2D eigenvalue weighted by Gasteiger charge is 2.60. The Hall–Kier alpha value is -2.65. The molecule has 1 spiro atoms. The van der Waals surface area contributed by atoms with E-state index < -0.39 is 47.6 Å². The lowest BCUT2D eigenvalue weighted by Gasteiger charge is -2.55. The first kappa shape index (κ1) is 21.6. The van der Waals surface area contributed by atoms with Crippen molar-refractivity contribution in [2.75, 3.05) is 11.4 Å². The molecular formula is C21H17ClF4N2O3. The van der Waals surface area contributed by atoms with Gasteiger partial charge in [-0.3, -0.25) is 14.5 Å². The van der Waals surface area contributed by atoms with Crippen LogP contribution in [-0.2, 0) is 22.3 Å². The second-order valence-electron chi connectivity index (χ2n) is 7.76. The summed E-state index contributed by atoms with van der Waals surface area (Å²) in [4.78, 5) is 28.6. The van der Waals surface area contributed by atoms with E-state index in [1.54, 1.807) is 0 Å². The molecule has 0 radical (unpaired) electrons. The standard InChI is InChI=1S/C21H17ClF4N2O3/c22-14-5-6-17(16(23)7-14)27-11-18(30)28(20(19(27)31)8-15(29)9-20)10-12-1-3-13(4-2-12)21(24,25)26/h1-7,15,29H,8-11H2/t15-,20-. The summed E-state index contributed by atoms with van der Waals surface area (Å²) in [5.41, 5.74) is -1.90. The first-order valence-corrected chi connectivity index (χ1v) is 9.81. The maximum absolute atomic E-state index is 14.4. The first-order chi connectivity index (χ1) is 14.5. The molecule has 1 saturated heterocycles. The van der Waals surface area contributed by atoms with Crippen molar-refractivity contribution in [3.05, 3.63) is 64.4 Å². The van der Waals surface area contributed by atoms with Crippen LogP contribution in [0.5, 0.6) is 0 Å². The third kappa shape index (κ3) is 3.76. The Morgan fingerprint density at radius 2 is 1.74 bits per heavy atom. The number of hydrogen-bond donors (Lipinski definition) is 1. The van der Waals surface area contributed by atoms with Crippen LogP contribution in [0.1, 0.15) is 24.0 Å². The zero-order valence-corrected chi connectivity index (χ0v) is 16.8. The van der Waals surface area contributed by atoms with Crippen LogP contribution in [0.15, 0.2) is 42.5 Å². The monoisotopic (exact) mass is 456 g/mol. The summed E-state index contributed by atoms with van der Waals surface area (Å²) in [5.74, 6) is -1.81. The van der Waals surface area contributed by atoms with Crippen molar-refractivity contribution in [2.45, 2.75) is 37.2 Å². The molecule has 0 unspecified atom stereocenters. The van der Waals surface area contributed by atoms with Crippen LogP contribution in [0, 0.1) is 5.82 Å². The average molecular weight is 457 g/mol. The van der Waals surface area contributed by atoms with Crippen LogP contribution in [0.3, 0.4) is 0 Å². The van der Waals surface area contributed by atoms with Crippen molar-refractivity contribution in [1.29, 1.82) is 0 Å². The van der Waals surface area contributed by atoms with E-state index in [1.807, 2.05) is 0 Å². The summed E-state index contributed by atoms with van der Waals surface area (Å²) >= 11 is 5.77. The van der Waals surface area contributed by atoms with Crippen LogP contribution < -0.4 is 4.90 Å². The summed E-state index contributed by atoms with van der Waals surface area (Å²) in [5, 5.41) is 10.0. The largest absolute Gasteiger partial charge is 0.416 e. The smallest absolute Gasteiger partial charge is 0.393 e. The van der Waals surface area contributed by atoms with Crippen molar-refractivity contribution < 1.29 is 32.3 Å². The summed E-state index contributed by atoms with van der Waals surface area (Å²) in [6.45, 7) is -0.539. The lowest BCUT2D eigenvalue weighted by atomic mass is 9.70. The Bertz CT molecular complexity index is 1040. The second-order valence-corrected chi connectivity index (χ2v) is 8.19. The minimum atomic E-state index is -4.49. The molecule has 1 N–H and O–H groups in total. The number of carbonyl (C=O) groups is 2. The lowest BCUT2D eigenvalue weighted by molar-refractivity contribution is -0.167. The number of alkyl halides is 3. The fourth-order valence-corrected chi connectivity index (χ4v) is 4.29. The Morgan fingerprint density at radius 1 is 1.10 bits per heavy atom. The van der Waals surface area contributed by atoms with Gasteiger partial charge in [0.15, 0.2) is 0 Å². The number of amides is 2. The van der Waals surface area contributed by atoms with Crippen molar-refractivity contribution >= 4 is 29.1 Å². The number of carbonyl (C=O) groups excluding carboxylic acids is 2. The number of halogens is 5. The van der Waals surface area contributed by atoms with Crippen molar-refractivity contribution in [2.24, 2.45) is 0 Å². The van der Waals surface area contributed by atoms with E-state index in [2.05, 4.69) is 0 Å². The molecule has 5 nitrogen and oxygen atoms in total. The Morgan fingerprint density at radius 3 is 2.29 bits per heavy atom. The topological polar surface area (TPSA) is 60.9 Å². The molecule has 0 aromatic heterocycles. The van der Waals surface area contributed by atoms with Gasteiger partial charge in [-0.25, -0.2) is 4.39 Å². The van der Waals surface area contributed by atoms with Gasteiger partial charge in [0.1, 0.15) is 17.9 Å². The van der Waals surface area contributed by atoms with Gasteiger partial charge in [-0.05, 0) is 35.9 Å². The third-order valence-corrected chi connectivity index (χ3v) is 5.96. The fraction of sp³-hybridized carbons (Fsp3) is 0.333. The summed E-state index contributed by atoms with van der Waals surface area (Å²) in [6.07, 6.45) is -5.38. The van der Waals surface area contributed by atoms with E-state index in [1.165, 1.54) is 29.2 Å². The minimum Gasteiger partial charge on any atom is -0.393 e. The van der Waals surface area contributed by atoms with Gasteiger partial charge in [0, 0.05) is 24.4 Å². The third-order valence-electron chi connectivity index (χ3n) is 5.72. The Kier molecular flexibility index (Phi) is 5.21. The number of anilines is 1. The number of hydrogen-bond acceptors (Lipinski definition) is 3. The van der Waals surface area contributed by atoms with Gasteiger partial charge in [-0.15, -0.1) is 0 Å². The highest BCUT2D eigenvalue weighted by Crippen LogP contribution is 2.44. The molecular weight excluding hydrogens is 440 g/mol. The van der Waals surface area contributed by atoms with Crippen LogP contribution in [0.2, 0.25) is 5.02 Å². The van der Waals surface area contributed by atoms with Crippen LogP contribution in [-0.4, -0.2) is 40.0 Å². The van der Waals surface area contributed by atoms with E-state index in [4.69, 9.17) is 11.6 Å². The molecule has 31 heavy (non-hydrogen) atoms. The predicted molar refractivity (Wildman–Crippen MR) is 104 cm³/mol. The minimum absolute atomic E-state index is 0.0378. The van der Waals surface area contributed by atoms with Crippen molar-refractivity contribution in [3.8, 4) is 0 Å². The molecule has 164 valence electrons. The highest BCUT2D eigenvalue weighted by atomic mass is 35.5. The number of nitrogens with zero attached hydrogens (tertiary/aromatic N) is 2. The highest BCUT2D eigenvalue weighted by molar-refractivity contribution is 6.30. The second kappa shape index (κ2) is 7.49. The lowest BCUT2D eigenvalue weighted by Crippen LogP contribution is -2.73. The number of benzene rings is 2. The van der Waals surface area contributed by atoms with E-state index in [9.17, 15) is 32.3 Å². The molecule has 1 aliphatic heterocycles. The quantitative estimate of drug-likeness (QED) is 0.715. The zero-order chi connectivity index (χ0) is 22.6. The average Bonchev–Trinajstić information content (AvgIpc) is 2.66. The fourth-order valence-electron chi connectivity index (χ4n) is 4.13. The van der Waals surface area contributed by atoms with Crippen LogP contribution in [0.25, 0.3) is 0 Å². The first-order valence-electron chi connectivity index (χ1n) is 9.43. The van der Waals surface area contributed by atoms with E-state index >= 15 is 0 Å². The van der Waals surface area contributed by atoms with Gasteiger partial charge in [0.2, 0.25) is 5.91 Å². The molecule has 2 aromatic rings. The van der Waals surface area contributed by atoms with Gasteiger partial charge < -0.3 is 10.0 Å². The Labute approximate surface area is 179 Å². The maximum atomic E-state index is 14.4.